The molecule has 9 aromatic carbocycles. The predicted octanol–water partition coefficient (Wildman–Crippen LogP) is 16.3. The minimum atomic E-state index is -0.102. The zero-order chi connectivity index (χ0) is 40.7. The average molecular weight is 782 g/mol. The molecule has 2 aliphatic carbocycles. The topological polar surface area (TPSA) is 16.4 Å². The number of anilines is 2. The molecule has 0 saturated heterocycles. The summed E-state index contributed by atoms with van der Waals surface area (Å²) in [6.45, 7) is 4.74. The predicted molar refractivity (Wildman–Crippen MR) is 257 cm³/mol. The van der Waals surface area contributed by atoms with Crippen molar-refractivity contribution in [1.29, 1.82) is 0 Å². The van der Waals surface area contributed by atoms with Crippen molar-refractivity contribution in [3.8, 4) is 33.4 Å². The van der Waals surface area contributed by atoms with Crippen LogP contribution in [0.1, 0.15) is 42.9 Å². The van der Waals surface area contributed by atoms with Gasteiger partial charge in [-0.3, -0.25) is 0 Å². The van der Waals surface area contributed by atoms with Gasteiger partial charge in [0.15, 0.2) is 0 Å². The fourth-order valence-electron chi connectivity index (χ4n) is 10.5. The molecule has 0 N–H and O–H groups in total. The van der Waals surface area contributed by atoms with E-state index in [0.717, 1.165) is 56.6 Å². The Morgan fingerprint density at radius 1 is 0.508 bits per heavy atom. The molecule has 0 aliphatic heterocycles. The van der Waals surface area contributed by atoms with Gasteiger partial charge in [0.2, 0.25) is 0 Å². The monoisotopic (exact) mass is 781 g/mol. The maximum atomic E-state index is 6.46. The molecule has 1 atom stereocenters. The van der Waals surface area contributed by atoms with Crippen LogP contribution in [-0.2, 0) is 5.41 Å². The van der Waals surface area contributed by atoms with Crippen LogP contribution in [0.4, 0.5) is 11.4 Å². The Hall–Kier alpha value is -7.42. The number of hydrogen-bond donors (Lipinski definition) is 0. The Bertz CT molecular complexity index is 3430. The number of furan rings is 1. The number of nitrogens with zero attached hydrogens (tertiary/aromatic N) is 1. The van der Waals surface area contributed by atoms with E-state index in [4.69, 9.17) is 4.42 Å². The first-order chi connectivity index (χ1) is 30.0. The Labute approximate surface area is 356 Å². The molecule has 2 heteroatoms. The van der Waals surface area contributed by atoms with Crippen LogP contribution in [0.2, 0.25) is 0 Å². The summed E-state index contributed by atoms with van der Waals surface area (Å²) in [4.78, 5) is 2.47. The SMILES string of the molecule is CC1(C)c2ccccc2-c2cccc(-c3ccc(N(C4=CC(c5cccc6ccccc56)CC=C4)c4ccccc4-c4ccc5oc6cc7ccccc7cc6c5c4)cc3)c21. The summed E-state index contributed by atoms with van der Waals surface area (Å²) in [7, 11) is 0. The second-order valence-electron chi connectivity index (χ2n) is 17.2. The van der Waals surface area contributed by atoms with Crippen molar-refractivity contribution in [2.45, 2.75) is 31.6 Å². The second kappa shape index (κ2) is 13.8. The van der Waals surface area contributed by atoms with Crippen LogP contribution in [0.25, 0.3) is 76.9 Å². The van der Waals surface area contributed by atoms with Crippen LogP contribution < -0.4 is 4.90 Å². The average Bonchev–Trinajstić information content (AvgIpc) is 3.79. The van der Waals surface area contributed by atoms with Gasteiger partial charge in [-0.15, -0.1) is 0 Å². The molecule has 1 heterocycles. The summed E-state index contributed by atoms with van der Waals surface area (Å²) in [5, 5.41) is 7.24. The molecule has 1 aromatic heterocycles. The minimum Gasteiger partial charge on any atom is -0.456 e. The summed E-state index contributed by atoms with van der Waals surface area (Å²) in [5.41, 5.74) is 16.7. The maximum absolute atomic E-state index is 6.46. The van der Waals surface area contributed by atoms with Gasteiger partial charge in [0.1, 0.15) is 11.2 Å². The van der Waals surface area contributed by atoms with E-state index in [9.17, 15) is 0 Å². The molecule has 2 aliphatic rings. The molecule has 0 amide bonds. The third-order valence-corrected chi connectivity index (χ3v) is 13.3. The molecule has 12 rings (SSSR count). The lowest BCUT2D eigenvalue weighted by Crippen LogP contribution is -2.19. The molecule has 61 heavy (non-hydrogen) atoms. The van der Waals surface area contributed by atoms with E-state index in [2.05, 4.69) is 225 Å². The highest BCUT2D eigenvalue weighted by molar-refractivity contribution is 6.11. The van der Waals surface area contributed by atoms with Gasteiger partial charge in [0.05, 0.1) is 5.69 Å². The van der Waals surface area contributed by atoms with Gasteiger partial charge in [0.25, 0.3) is 0 Å². The van der Waals surface area contributed by atoms with E-state index in [-0.39, 0.29) is 11.3 Å². The summed E-state index contributed by atoms with van der Waals surface area (Å²) in [6, 6.07) is 69.0. The van der Waals surface area contributed by atoms with Gasteiger partial charge in [-0.25, -0.2) is 0 Å². The number of benzene rings is 9. The Morgan fingerprint density at radius 2 is 1.16 bits per heavy atom. The molecule has 0 fully saturated rings. The van der Waals surface area contributed by atoms with Gasteiger partial charge in [-0.05, 0) is 121 Å². The highest BCUT2D eigenvalue weighted by atomic mass is 16.3. The third-order valence-electron chi connectivity index (χ3n) is 13.3. The summed E-state index contributed by atoms with van der Waals surface area (Å²) < 4.78 is 6.46. The van der Waals surface area contributed by atoms with Crippen molar-refractivity contribution in [2.24, 2.45) is 0 Å². The third kappa shape index (κ3) is 5.70. The minimum absolute atomic E-state index is 0.102. The highest BCUT2D eigenvalue weighted by Gasteiger charge is 2.37. The molecule has 290 valence electrons. The van der Waals surface area contributed by atoms with E-state index >= 15 is 0 Å². The van der Waals surface area contributed by atoms with Crippen LogP contribution in [0.15, 0.2) is 216 Å². The molecule has 1 unspecified atom stereocenters. The zero-order valence-electron chi connectivity index (χ0n) is 34.3. The molecule has 0 radical (unpaired) electrons. The smallest absolute Gasteiger partial charge is 0.136 e. The van der Waals surface area contributed by atoms with Crippen molar-refractivity contribution >= 4 is 54.9 Å². The quantitative estimate of drug-likeness (QED) is 0.167. The number of para-hydroxylation sites is 1. The molecule has 0 bridgehead atoms. The molecule has 10 aromatic rings. The summed E-state index contributed by atoms with van der Waals surface area (Å²) >= 11 is 0. The number of hydrogen-bond acceptors (Lipinski definition) is 2. The largest absolute Gasteiger partial charge is 0.456 e. The number of rotatable bonds is 6. The van der Waals surface area contributed by atoms with Crippen LogP contribution in [0.5, 0.6) is 0 Å². The lowest BCUT2D eigenvalue weighted by atomic mass is 9.79. The molecular weight excluding hydrogens is 739 g/mol. The fraction of sp³-hybridized carbons (Fsp3) is 0.0847. The van der Waals surface area contributed by atoms with Crippen LogP contribution in [0.3, 0.4) is 0 Å². The standard InChI is InChI=1S/C59H43NO/c1-59(2)54-26-9-7-22-50(54)51-25-13-24-49(58(51)59)39-28-31-44(32-29-39)60(45-19-11-18-42(34-45)47-23-12-17-38-14-5-6-20-46(38)47)55-27-10-8-21-48(55)43-30-33-56-52(36-43)53-35-40-15-3-4-16-41(40)37-57(53)61-56/h3-17,19-37,42H,18H2,1-2H3. The van der Waals surface area contributed by atoms with E-state index < -0.39 is 0 Å². The first kappa shape index (κ1) is 35.5. The normalized spacial score (nSPS) is 15.3. The summed E-state index contributed by atoms with van der Waals surface area (Å²) in [6.07, 6.45) is 8.09. The molecule has 0 saturated carbocycles. The summed E-state index contributed by atoms with van der Waals surface area (Å²) in [5.74, 6) is 0.222. The van der Waals surface area contributed by atoms with Crippen molar-refractivity contribution < 1.29 is 4.42 Å². The lowest BCUT2D eigenvalue weighted by molar-refractivity contribution is 0.662. The Balaban J connectivity index is 1.01. The Kier molecular flexibility index (Phi) is 8.05. The maximum Gasteiger partial charge on any atom is 0.136 e. The van der Waals surface area contributed by atoms with Crippen molar-refractivity contribution in [3.63, 3.8) is 0 Å². The highest BCUT2D eigenvalue weighted by Crippen LogP contribution is 2.52. The van der Waals surface area contributed by atoms with Crippen molar-refractivity contribution in [1.82, 2.24) is 0 Å². The van der Waals surface area contributed by atoms with E-state index in [1.807, 2.05) is 0 Å². The lowest BCUT2D eigenvalue weighted by Gasteiger charge is -2.31. The second-order valence-corrected chi connectivity index (χ2v) is 17.2. The van der Waals surface area contributed by atoms with E-state index in [0.29, 0.717) is 0 Å². The molecule has 2 nitrogen and oxygen atoms in total. The van der Waals surface area contributed by atoms with Gasteiger partial charge in [0, 0.05) is 39.1 Å². The Morgan fingerprint density at radius 3 is 2.03 bits per heavy atom. The first-order valence-electron chi connectivity index (χ1n) is 21.4. The van der Waals surface area contributed by atoms with Gasteiger partial charge in [-0.1, -0.05) is 172 Å². The van der Waals surface area contributed by atoms with Gasteiger partial charge in [-0.2, -0.15) is 0 Å². The fourth-order valence-corrected chi connectivity index (χ4v) is 10.5. The zero-order valence-corrected chi connectivity index (χ0v) is 34.3. The number of allylic oxidation sites excluding steroid dienone is 3. The van der Waals surface area contributed by atoms with E-state index in [1.54, 1.807) is 0 Å². The first-order valence-corrected chi connectivity index (χ1v) is 21.4. The number of fused-ring (bicyclic) bond motifs is 8. The van der Waals surface area contributed by atoms with Crippen molar-refractivity contribution in [3.05, 3.63) is 229 Å². The molecule has 0 spiro atoms. The van der Waals surface area contributed by atoms with Crippen LogP contribution in [-0.4, -0.2) is 0 Å². The van der Waals surface area contributed by atoms with Crippen molar-refractivity contribution in [2.75, 3.05) is 4.90 Å². The van der Waals surface area contributed by atoms with Gasteiger partial charge >= 0.3 is 0 Å². The van der Waals surface area contributed by atoms with Crippen LogP contribution in [0, 0.1) is 0 Å². The van der Waals surface area contributed by atoms with E-state index in [1.165, 1.54) is 60.5 Å². The van der Waals surface area contributed by atoms with Gasteiger partial charge < -0.3 is 9.32 Å². The van der Waals surface area contributed by atoms with Crippen LogP contribution >= 0.6 is 0 Å². The molecular formula is C59H43NO.